The summed E-state index contributed by atoms with van der Waals surface area (Å²) >= 11 is 0. The van der Waals surface area contributed by atoms with E-state index in [2.05, 4.69) is 67.8 Å². The molecule has 0 bridgehead atoms. The van der Waals surface area contributed by atoms with Crippen LogP contribution in [0.5, 0.6) is 0 Å². The maximum atomic E-state index is 13.1. The highest BCUT2D eigenvalue weighted by Gasteiger charge is 2.44. The van der Waals surface area contributed by atoms with Crippen LogP contribution in [-0.2, 0) is 14.3 Å². The minimum Gasteiger partial charge on any atom is -0.394 e. The van der Waals surface area contributed by atoms with E-state index in [-0.39, 0.29) is 6.61 Å². The molecular formula is C67H123NO9. The molecule has 1 fully saturated rings. The topological polar surface area (TPSA) is 169 Å². The predicted molar refractivity (Wildman–Crippen MR) is 324 cm³/mol. The number of rotatable bonds is 56. The summed E-state index contributed by atoms with van der Waals surface area (Å²) in [4.78, 5) is 13.1. The number of hydrogen-bond acceptors (Lipinski definition) is 9. The number of nitrogens with one attached hydrogen (secondary N) is 1. The number of aliphatic hydroxyl groups excluding tert-OH is 6. The zero-order chi connectivity index (χ0) is 55.9. The van der Waals surface area contributed by atoms with Gasteiger partial charge in [-0.3, -0.25) is 4.79 Å². The summed E-state index contributed by atoms with van der Waals surface area (Å²) in [6.45, 7) is 3.59. The van der Waals surface area contributed by atoms with Crippen molar-refractivity contribution in [1.29, 1.82) is 0 Å². The van der Waals surface area contributed by atoms with Gasteiger partial charge in [0.05, 0.1) is 25.4 Å². The summed E-state index contributed by atoms with van der Waals surface area (Å²) in [6, 6.07) is -1.01. The minimum atomic E-state index is -1.62. The molecule has 1 amide bonds. The molecule has 0 saturated carbocycles. The normalized spacial score (nSPS) is 19.5. The number of amides is 1. The van der Waals surface area contributed by atoms with E-state index < -0.39 is 61.5 Å². The van der Waals surface area contributed by atoms with Crippen molar-refractivity contribution in [1.82, 2.24) is 5.32 Å². The van der Waals surface area contributed by atoms with Gasteiger partial charge < -0.3 is 45.4 Å². The van der Waals surface area contributed by atoms with Gasteiger partial charge in [-0.2, -0.15) is 0 Å². The molecule has 1 aliphatic rings. The Labute approximate surface area is 473 Å². The molecule has 0 aromatic rings. The van der Waals surface area contributed by atoms with Crippen LogP contribution in [0.3, 0.4) is 0 Å². The van der Waals surface area contributed by atoms with E-state index in [9.17, 15) is 35.4 Å². The number of aliphatic hydroxyl groups is 6. The lowest BCUT2D eigenvalue weighted by molar-refractivity contribution is -0.302. The minimum absolute atomic E-state index is 0.300. The first-order valence-electron chi connectivity index (χ1n) is 32.6. The molecule has 0 spiro atoms. The van der Waals surface area contributed by atoms with Crippen molar-refractivity contribution in [2.45, 2.75) is 345 Å². The number of carbonyl (C=O) groups is 1. The average molecular weight is 1090 g/mol. The molecule has 0 aromatic heterocycles. The molecule has 1 saturated heterocycles. The summed E-state index contributed by atoms with van der Waals surface area (Å²) in [7, 11) is 0. The van der Waals surface area contributed by atoms with Gasteiger partial charge in [-0.15, -0.1) is 0 Å². The zero-order valence-corrected chi connectivity index (χ0v) is 49.8. The zero-order valence-electron chi connectivity index (χ0n) is 49.8. The van der Waals surface area contributed by atoms with Gasteiger partial charge in [0.2, 0.25) is 5.91 Å². The number of hydrogen-bond donors (Lipinski definition) is 7. The molecule has 0 radical (unpaired) electrons. The fraction of sp³-hybridized carbons (Fsp3) is 0.836. The molecule has 10 heteroatoms. The van der Waals surface area contributed by atoms with Gasteiger partial charge in [-0.1, -0.05) is 280 Å². The van der Waals surface area contributed by atoms with Crippen molar-refractivity contribution >= 4 is 5.91 Å². The first-order valence-corrected chi connectivity index (χ1v) is 32.6. The molecule has 8 atom stereocenters. The van der Waals surface area contributed by atoms with E-state index in [1.54, 1.807) is 6.08 Å². The molecule has 0 aromatic carbocycles. The summed E-state index contributed by atoms with van der Waals surface area (Å²) in [5, 5.41) is 65.0. The Morgan fingerprint density at radius 2 is 0.805 bits per heavy atom. The van der Waals surface area contributed by atoms with Crippen molar-refractivity contribution in [2.75, 3.05) is 13.2 Å². The third kappa shape index (κ3) is 44.2. The SMILES string of the molecule is CCCCCC/C=C/CC/C=C/CC/C=C/C(O)C(COC1OC(CO)C(O)C(O)C1O)NC(=O)C(O)CCCCCCCCCCCCCCCCCC/C=C\C/C=C\CCCCCCCCCCCCCCCCC. The summed E-state index contributed by atoms with van der Waals surface area (Å²) in [5.74, 6) is -0.629. The second-order valence-corrected chi connectivity index (χ2v) is 22.7. The Balaban J connectivity index is 2.11. The van der Waals surface area contributed by atoms with E-state index in [1.807, 2.05) is 6.08 Å². The first-order chi connectivity index (χ1) is 37.8. The Morgan fingerprint density at radius 1 is 0.455 bits per heavy atom. The lowest BCUT2D eigenvalue weighted by atomic mass is 9.99. The average Bonchev–Trinajstić information content (AvgIpc) is 3.44. The second-order valence-electron chi connectivity index (χ2n) is 22.7. The molecule has 0 aliphatic carbocycles. The van der Waals surface area contributed by atoms with Crippen molar-refractivity contribution in [2.24, 2.45) is 0 Å². The standard InChI is InChI=1S/C67H123NO9/c1-3-5-7-9-11-13-15-17-19-20-21-22-23-24-25-26-27-28-29-30-31-32-33-34-35-36-37-38-39-40-41-42-44-46-48-50-52-54-56-61(71)66(75)68-59(58-76-67-65(74)64(73)63(72)62(57-69)77-67)60(70)55-53-51-49-47-45-43-18-16-14-12-10-8-6-4-2/h14,16,27-28,30-31,45,47,53,55,59-65,67,69-74H,3-13,15,17-26,29,32-44,46,48-52,54,56-58H2,1-2H3,(H,68,75)/b16-14+,28-27-,31-30-,47-45+,55-53+. The Morgan fingerprint density at radius 3 is 1.22 bits per heavy atom. The van der Waals surface area contributed by atoms with Gasteiger partial charge in [-0.25, -0.2) is 0 Å². The van der Waals surface area contributed by atoms with Gasteiger partial charge in [0, 0.05) is 0 Å². The highest BCUT2D eigenvalue weighted by Crippen LogP contribution is 2.23. The smallest absolute Gasteiger partial charge is 0.249 e. The van der Waals surface area contributed by atoms with Crippen molar-refractivity contribution < 1.29 is 44.9 Å². The molecule has 1 aliphatic heterocycles. The summed E-state index contributed by atoms with van der Waals surface area (Å²) in [5.41, 5.74) is 0. The van der Waals surface area contributed by atoms with Crippen LogP contribution >= 0.6 is 0 Å². The van der Waals surface area contributed by atoms with Crippen LogP contribution < -0.4 is 5.32 Å². The molecule has 1 heterocycles. The third-order valence-electron chi connectivity index (χ3n) is 15.4. The van der Waals surface area contributed by atoms with E-state index >= 15 is 0 Å². The number of unbranched alkanes of at least 4 members (excludes halogenated alkanes) is 37. The highest BCUT2D eigenvalue weighted by molar-refractivity contribution is 5.80. The fourth-order valence-corrected chi connectivity index (χ4v) is 10.2. The summed E-state index contributed by atoms with van der Waals surface area (Å²) < 4.78 is 11.2. The van der Waals surface area contributed by atoms with Gasteiger partial charge in [0.25, 0.3) is 0 Å². The lowest BCUT2D eigenvalue weighted by Gasteiger charge is -2.40. The van der Waals surface area contributed by atoms with E-state index in [0.717, 1.165) is 51.4 Å². The third-order valence-corrected chi connectivity index (χ3v) is 15.4. The summed E-state index contributed by atoms with van der Waals surface area (Å²) in [6.07, 6.45) is 66.6. The van der Waals surface area contributed by atoms with E-state index in [0.29, 0.717) is 19.3 Å². The van der Waals surface area contributed by atoms with Crippen LogP contribution in [0.15, 0.2) is 60.8 Å². The van der Waals surface area contributed by atoms with Crippen LogP contribution in [0, 0.1) is 0 Å². The van der Waals surface area contributed by atoms with E-state index in [1.165, 1.54) is 212 Å². The van der Waals surface area contributed by atoms with Crippen LogP contribution in [0.1, 0.15) is 296 Å². The van der Waals surface area contributed by atoms with Crippen molar-refractivity contribution in [3.05, 3.63) is 60.8 Å². The second kappa shape index (κ2) is 55.7. The highest BCUT2D eigenvalue weighted by atomic mass is 16.7. The molecular weight excluding hydrogens is 963 g/mol. The number of ether oxygens (including phenoxy) is 2. The molecule has 1 rings (SSSR count). The monoisotopic (exact) mass is 1090 g/mol. The van der Waals surface area contributed by atoms with Crippen LogP contribution in [0.25, 0.3) is 0 Å². The van der Waals surface area contributed by atoms with Crippen LogP contribution in [0.4, 0.5) is 0 Å². The fourth-order valence-electron chi connectivity index (χ4n) is 10.2. The van der Waals surface area contributed by atoms with Gasteiger partial charge in [0.1, 0.15) is 30.5 Å². The molecule has 450 valence electrons. The largest absolute Gasteiger partial charge is 0.394 e. The van der Waals surface area contributed by atoms with Crippen molar-refractivity contribution in [3.63, 3.8) is 0 Å². The maximum absolute atomic E-state index is 13.1. The molecule has 10 nitrogen and oxygen atoms in total. The van der Waals surface area contributed by atoms with Crippen molar-refractivity contribution in [3.8, 4) is 0 Å². The number of carbonyl (C=O) groups excluding carboxylic acids is 1. The number of allylic oxidation sites excluding steroid dienone is 9. The Bertz CT molecular complexity index is 1420. The van der Waals surface area contributed by atoms with Gasteiger partial charge in [-0.05, 0) is 77.0 Å². The lowest BCUT2D eigenvalue weighted by Crippen LogP contribution is -2.60. The van der Waals surface area contributed by atoms with Crippen LogP contribution in [0.2, 0.25) is 0 Å². The van der Waals surface area contributed by atoms with E-state index in [4.69, 9.17) is 9.47 Å². The Hall–Kier alpha value is -2.15. The first kappa shape index (κ1) is 72.9. The molecule has 7 N–H and O–H groups in total. The maximum Gasteiger partial charge on any atom is 0.249 e. The molecule has 8 unspecified atom stereocenters. The van der Waals surface area contributed by atoms with Gasteiger partial charge >= 0.3 is 0 Å². The predicted octanol–water partition coefficient (Wildman–Crippen LogP) is 16.0. The quantitative estimate of drug-likeness (QED) is 0.0232. The van der Waals surface area contributed by atoms with Crippen LogP contribution in [-0.4, -0.2) is 98.7 Å². The molecule has 77 heavy (non-hydrogen) atoms. The van der Waals surface area contributed by atoms with Gasteiger partial charge in [0.15, 0.2) is 6.29 Å². The Kier molecular flexibility index (Phi) is 52.7.